The van der Waals surface area contributed by atoms with Crippen LogP contribution in [0.4, 0.5) is 0 Å². The molecule has 1 unspecified atom stereocenters. The van der Waals surface area contributed by atoms with Crippen molar-refractivity contribution in [1.29, 1.82) is 0 Å². The smallest absolute Gasteiger partial charge is 0.0923 e. The van der Waals surface area contributed by atoms with Crippen molar-refractivity contribution in [3.05, 3.63) is 54.1 Å². The van der Waals surface area contributed by atoms with Gasteiger partial charge in [0.2, 0.25) is 0 Å². The number of hydrogen-bond donors (Lipinski definition) is 1. The molecule has 1 atom stereocenters. The fourth-order valence-electron chi connectivity index (χ4n) is 2.40. The van der Waals surface area contributed by atoms with Crippen molar-refractivity contribution in [3.63, 3.8) is 0 Å². The first-order valence-corrected chi connectivity index (χ1v) is 8.62. The second kappa shape index (κ2) is 4.06. The van der Waals surface area contributed by atoms with Gasteiger partial charge in [-0.3, -0.25) is 0 Å². The molecule has 1 aliphatic rings. The minimum Gasteiger partial charge on any atom is -0.361 e. The zero-order chi connectivity index (χ0) is 11.9. The zero-order valence-electron chi connectivity index (χ0n) is 9.34. The lowest BCUT2D eigenvalue weighted by Crippen LogP contribution is -2.08. The second-order valence-corrected chi connectivity index (χ2v) is 8.49. The molecule has 1 aliphatic heterocycles. The summed E-state index contributed by atoms with van der Waals surface area (Å²) in [6.45, 7) is 0. The van der Waals surface area contributed by atoms with Gasteiger partial charge in [0.25, 0.3) is 0 Å². The molecule has 3 heteroatoms. The summed E-state index contributed by atoms with van der Waals surface area (Å²) in [7, 11) is 0. The van der Waals surface area contributed by atoms with Gasteiger partial charge in [0.05, 0.1) is 6.26 Å². The Morgan fingerprint density at radius 2 is 1.59 bits per heavy atom. The van der Waals surface area contributed by atoms with E-state index in [1.165, 1.54) is 11.1 Å². The third kappa shape index (κ3) is 1.87. The summed E-state index contributed by atoms with van der Waals surface area (Å²) in [5.41, 5.74) is 3.64. The molecule has 0 aliphatic carbocycles. The first kappa shape index (κ1) is 11.2. The number of aryl methyl sites for hydroxylation is 1. The third-order valence-corrected chi connectivity index (χ3v) is 6.38. The van der Waals surface area contributed by atoms with Crippen LogP contribution in [0.1, 0.15) is 5.56 Å². The molecular formula is C14H13OPS. The minimum absolute atomic E-state index is 0.705. The van der Waals surface area contributed by atoms with Crippen LogP contribution >= 0.6 is 6.26 Å². The fourth-order valence-corrected chi connectivity index (χ4v) is 4.83. The van der Waals surface area contributed by atoms with E-state index in [9.17, 15) is 4.89 Å². The zero-order valence-corrected chi connectivity index (χ0v) is 11.0. The Balaban J connectivity index is 2.35. The highest BCUT2D eigenvalue weighted by molar-refractivity contribution is 8.15. The van der Waals surface area contributed by atoms with Crippen LogP contribution in [-0.4, -0.2) is 11.1 Å². The predicted octanol–water partition coefficient (Wildman–Crippen LogP) is 2.92. The summed E-state index contributed by atoms with van der Waals surface area (Å²) in [5, 5.41) is 0.972. The summed E-state index contributed by atoms with van der Waals surface area (Å²) in [5.74, 6) is 0. The molecule has 2 aromatic carbocycles. The average molecular weight is 260 g/mol. The van der Waals surface area contributed by atoms with Crippen molar-refractivity contribution >= 4 is 23.4 Å². The van der Waals surface area contributed by atoms with Crippen LogP contribution in [0.2, 0.25) is 0 Å². The van der Waals surface area contributed by atoms with Crippen LogP contribution in [0.3, 0.4) is 0 Å². The van der Waals surface area contributed by atoms with E-state index in [0.29, 0.717) is 6.16 Å². The largest absolute Gasteiger partial charge is 0.361 e. The van der Waals surface area contributed by atoms with E-state index in [2.05, 4.69) is 18.2 Å². The first-order valence-electron chi connectivity index (χ1n) is 5.68. The van der Waals surface area contributed by atoms with E-state index in [1.54, 1.807) is 0 Å². The van der Waals surface area contributed by atoms with Crippen LogP contribution in [0.5, 0.6) is 0 Å². The van der Waals surface area contributed by atoms with Gasteiger partial charge >= 0.3 is 0 Å². The second-order valence-electron chi connectivity index (χ2n) is 4.35. The molecule has 0 spiro atoms. The van der Waals surface area contributed by atoms with E-state index >= 15 is 0 Å². The quantitative estimate of drug-likeness (QED) is 0.735. The molecular weight excluding hydrogens is 247 g/mol. The molecule has 0 fully saturated rings. The standard InChI is InChI=1S/C14H13OPS/c15-16(17)10-9-11-5-1-2-6-12(11)13-7-3-4-8-14(13)16/h1-8H,9-10H2,(H,15,17). The molecule has 0 saturated carbocycles. The van der Waals surface area contributed by atoms with E-state index in [4.69, 9.17) is 11.8 Å². The molecule has 2 aromatic rings. The highest BCUT2D eigenvalue weighted by Gasteiger charge is 2.24. The molecule has 0 amide bonds. The van der Waals surface area contributed by atoms with Crippen molar-refractivity contribution in [1.82, 2.24) is 0 Å². The molecule has 0 bridgehead atoms. The number of benzene rings is 2. The van der Waals surface area contributed by atoms with Crippen molar-refractivity contribution < 1.29 is 4.89 Å². The molecule has 1 N–H and O–H groups in total. The van der Waals surface area contributed by atoms with Gasteiger partial charge in [-0.1, -0.05) is 60.3 Å². The summed E-state index contributed by atoms with van der Waals surface area (Å²) in [4.78, 5) is 10.5. The van der Waals surface area contributed by atoms with Crippen molar-refractivity contribution in [3.8, 4) is 11.1 Å². The molecule has 86 valence electrons. The van der Waals surface area contributed by atoms with Crippen molar-refractivity contribution in [2.75, 3.05) is 6.16 Å². The average Bonchev–Trinajstić information content (AvgIpc) is 2.47. The lowest BCUT2D eigenvalue weighted by molar-refractivity contribution is 0.631. The van der Waals surface area contributed by atoms with E-state index in [0.717, 1.165) is 17.3 Å². The highest BCUT2D eigenvalue weighted by atomic mass is 32.4. The Bertz CT molecular complexity index is 621. The fraction of sp³-hybridized carbons (Fsp3) is 0.143. The molecule has 3 rings (SSSR count). The van der Waals surface area contributed by atoms with Gasteiger partial charge in [-0.2, -0.15) is 0 Å². The summed E-state index contributed by atoms with van der Waals surface area (Å²) in [6, 6.07) is 16.4. The lowest BCUT2D eigenvalue weighted by atomic mass is 9.98. The topological polar surface area (TPSA) is 20.2 Å². The minimum atomic E-state index is -2.37. The maximum Gasteiger partial charge on any atom is 0.0923 e. The Kier molecular flexibility index (Phi) is 2.67. The highest BCUT2D eigenvalue weighted by Crippen LogP contribution is 2.46. The van der Waals surface area contributed by atoms with Crippen LogP contribution in [0, 0.1) is 0 Å². The van der Waals surface area contributed by atoms with Crippen LogP contribution in [0.15, 0.2) is 48.5 Å². The first-order chi connectivity index (χ1) is 8.18. The number of rotatable bonds is 0. The Hall–Kier alpha value is -0.950. The lowest BCUT2D eigenvalue weighted by Gasteiger charge is -2.15. The number of hydrogen-bond acceptors (Lipinski definition) is 1. The van der Waals surface area contributed by atoms with Crippen LogP contribution in [0.25, 0.3) is 11.1 Å². The molecule has 1 nitrogen and oxygen atoms in total. The summed E-state index contributed by atoms with van der Waals surface area (Å²) >= 11 is 5.45. The van der Waals surface area contributed by atoms with E-state index in [-0.39, 0.29) is 0 Å². The molecule has 0 aromatic heterocycles. The molecule has 1 heterocycles. The molecule has 0 radical (unpaired) electrons. The molecule has 17 heavy (non-hydrogen) atoms. The van der Waals surface area contributed by atoms with Gasteiger partial charge in [0.15, 0.2) is 0 Å². The Labute approximate surface area is 106 Å². The van der Waals surface area contributed by atoms with Crippen molar-refractivity contribution in [2.24, 2.45) is 0 Å². The normalized spacial score (nSPS) is 22.4. The van der Waals surface area contributed by atoms with Gasteiger partial charge in [0, 0.05) is 11.5 Å². The van der Waals surface area contributed by atoms with Gasteiger partial charge in [-0.05, 0) is 23.1 Å². The number of fused-ring (bicyclic) bond motifs is 3. The van der Waals surface area contributed by atoms with E-state index < -0.39 is 6.26 Å². The van der Waals surface area contributed by atoms with Gasteiger partial charge in [-0.25, -0.2) is 0 Å². The van der Waals surface area contributed by atoms with E-state index in [1.807, 2.05) is 30.3 Å². The van der Waals surface area contributed by atoms with Gasteiger partial charge in [0.1, 0.15) is 0 Å². The predicted molar refractivity (Wildman–Crippen MR) is 76.6 cm³/mol. The molecule has 0 saturated heterocycles. The summed E-state index contributed by atoms with van der Waals surface area (Å²) < 4.78 is 0. The van der Waals surface area contributed by atoms with Gasteiger partial charge in [-0.15, -0.1) is 0 Å². The Morgan fingerprint density at radius 3 is 2.41 bits per heavy atom. The van der Waals surface area contributed by atoms with Crippen LogP contribution in [-0.2, 0) is 18.2 Å². The van der Waals surface area contributed by atoms with Crippen molar-refractivity contribution in [2.45, 2.75) is 6.42 Å². The summed E-state index contributed by atoms with van der Waals surface area (Å²) in [6.07, 6.45) is -0.791. The maximum atomic E-state index is 10.5. The third-order valence-electron chi connectivity index (χ3n) is 3.27. The van der Waals surface area contributed by atoms with Crippen LogP contribution < -0.4 is 5.30 Å². The maximum absolute atomic E-state index is 10.5. The Morgan fingerprint density at radius 1 is 0.941 bits per heavy atom. The monoisotopic (exact) mass is 260 g/mol. The SMILES string of the molecule is OP1(=S)CCc2ccccc2-c2ccccc21. The van der Waals surface area contributed by atoms with Gasteiger partial charge < -0.3 is 4.89 Å².